The van der Waals surface area contributed by atoms with E-state index in [0.29, 0.717) is 16.0 Å². The molecule has 1 aromatic heterocycles. The van der Waals surface area contributed by atoms with Crippen LogP contribution in [-0.2, 0) is 16.6 Å². The molecule has 0 aliphatic heterocycles. The van der Waals surface area contributed by atoms with Gasteiger partial charge in [-0.3, -0.25) is 4.79 Å². The summed E-state index contributed by atoms with van der Waals surface area (Å²) in [6, 6.07) is 9.71. The SMILES string of the molecule is CCCn1c(=NC(=O)c2ccc(F)cc2)sc2cc(S(N)(=O)=O)ccc21. The van der Waals surface area contributed by atoms with Crippen LogP contribution in [0.25, 0.3) is 10.2 Å². The summed E-state index contributed by atoms with van der Waals surface area (Å²) in [6.45, 7) is 2.60. The molecule has 3 aromatic rings. The lowest BCUT2D eigenvalue weighted by molar-refractivity contribution is 0.0997. The minimum Gasteiger partial charge on any atom is -0.316 e. The van der Waals surface area contributed by atoms with Gasteiger partial charge in [-0.15, -0.1) is 0 Å². The van der Waals surface area contributed by atoms with Gasteiger partial charge >= 0.3 is 0 Å². The van der Waals surface area contributed by atoms with E-state index in [1.165, 1.54) is 47.7 Å². The molecule has 0 aliphatic rings. The fourth-order valence-corrected chi connectivity index (χ4v) is 4.21. The number of halogens is 1. The van der Waals surface area contributed by atoms with Crippen molar-refractivity contribution in [2.24, 2.45) is 10.1 Å². The number of carbonyl (C=O) groups is 1. The number of rotatable bonds is 4. The molecule has 3 rings (SSSR count). The molecule has 0 saturated heterocycles. The Balaban J connectivity index is 2.16. The highest BCUT2D eigenvalue weighted by Gasteiger charge is 2.13. The third-order valence-electron chi connectivity index (χ3n) is 3.72. The highest BCUT2D eigenvalue weighted by atomic mass is 32.2. The van der Waals surface area contributed by atoms with E-state index in [0.717, 1.165) is 11.9 Å². The van der Waals surface area contributed by atoms with Gasteiger partial charge in [0.1, 0.15) is 5.82 Å². The van der Waals surface area contributed by atoms with Crippen molar-refractivity contribution < 1.29 is 17.6 Å². The van der Waals surface area contributed by atoms with Crippen molar-refractivity contribution in [2.45, 2.75) is 24.8 Å². The first-order chi connectivity index (χ1) is 12.3. The number of aryl methyl sites for hydroxylation is 1. The van der Waals surface area contributed by atoms with Crippen LogP contribution < -0.4 is 9.94 Å². The average Bonchev–Trinajstić information content (AvgIpc) is 2.92. The first-order valence-corrected chi connectivity index (χ1v) is 10.2. The fraction of sp³-hybridized carbons (Fsp3) is 0.176. The summed E-state index contributed by atoms with van der Waals surface area (Å²) in [7, 11) is -3.82. The highest BCUT2D eigenvalue weighted by molar-refractivity contribution is 7.89. The molecule has 0 radical (unpaired) electrons. The summed E-state index contributed by atoms with van der Waals surface area (Å²) in [6.07, 6.45) is 0.806. The molecule has 0 atom stereocenters. The Morgan fingerprint density at radius 2 is 1.92 bits per heavy atom. The first-order valence-electron chi connectivity index (χ1n) is 7.80. The van der Waals surface area contributed by atoms with Crippen LogP contribution in [0.4, 0.5) is 4.39 Å². The van der Waals surface area contributed by atoms with Gasteiger partial charge in [0.05, 0.1) is 15.1 Å². The van der Waals surface area contributed by atoms with Gasteiger partial charge in [0.15, 0.2) is 4.80 Å². The van der Waals surface area contributed by atoms with Gasteiger partial charge < -0.3 is 4.57 Å². The summed E-state index contributed by atoms with van der Waals surface area (Å²) >= 11 is 1.20. The summed E-state index contributed by atoms with van der Waals surface area (Å²) in [5, 5.41) is 5.18. The Labute approximate surface area is 153 Å². The van der Waals surface area contributed by atoms with Crippen LogP contribution in [0, 0.1) is 5.82 Å². The molecule has 0 bridgehead atoms. The number of carbonyl (C=O) groups excluding carboxylic acids is 1. The average molecular weight is 393 g/mol. The maximum atomic E-state index is 13.0. The normalized spacial score (nSPS) is 12.7. The Morgan fingerprint density at radius 1 is 1.23 bits per heavy atom. The molecule has 9 heteroatoms. The van der Waals surface area contributed by atoms with Gasteiger partial charge in [-0.25, -0.2) is 17.9 Å². The van der Waals surface area contributed by atoms with Gasteiger partial charge in [0.25, 0.3) is 5.91 Å². The van der Waals surface area contributed by atoms with Crippen molar-refractivity contribution >= 4 is 37.5 Å². The van der Waals surface area contributed by atoms with E-state index in [1.54, 1.807) is 6.07 Å². The summed E-state index contributed by atoms with van der Waals surface area (Å²) in [4.78, 5) is 17.0. The first kappa shape index (κ1) is 18.4. The molecular formula is C17H16FN3O3S2. The predicted molar refractivity (Wildman–Crippen MR) is 97.8 cm³/mol. The second-order valence-corrected chi connectivity index (χ2v) is 8.21. The molecule has 136 valence electrons. The monoisotopic (exact) mass is 393 g/mol. The number of hydrogen-bond acceptors (Lipinski definition) is 4. The number of nitrogens with zero attached hydrogens (tertiary/aromatic N) is 2. The molecule has 6 nitrogen and oxygen atoms in total. The van der Waals surface area contributed by atoms with Crippen LogP contribution in [0.1, 0.15) is 23.7 Å². The molecule has 2 aromatic carbocycles. The quantitative estimate of drug-likeness (QED) is 0.738. The number of nitrogens with two attached hydrogens (primary N) is 1. The number of sulfonamides is 1. The van der Waals surface area contributed by atoms with Crippen molar-refractivity contribution in [3.8, 4) is 0 Å². The second kappa shape index (κ2) is 7.10. The zero-order valence-corrected chi connectivity index (χ0v) is 15.5. The Bertz CT molecular complexity index is 1150. The Hall–Kier alpha value is -2.36. The highest BCUT2D eigenvalue weighted by Crippen LogP contribution is 2.21. The molecule has 0 aliphatic carbocycles. The van der Waals surface area contributed by atoms with Crippen molar-refractivity contribution in [1.82, 2.24) is 4.57 Å². The number of primary sulfonamides is 1. The van der Waals surface area contributed by atoms with E-state index >= 15 is 0 Å². The molecular weight excluding hydrogens is 377 g/mol. The zero-order chi connectivity index (χ0) is 18.9. The van der Waals surface area contributed by atoms with Crippen LogP contribution in [-0.4, -0.2) is 18.9 Å². The summed E-state index contributed by atoms with van der Waals surface area (Å²) < 4.78 is 38.6. The van der Waals surface area contributed by atoms with E-state index < -0.39 is 21.7 Å². The van der Waals surface area contributed by atoms with Crippen molar-refractivity contribution in [3.63, 3.8) is 0 Å². The van der Waals surface area contributed by atoms with Crippen LogP contribution in [0.15, 0.2) is 52.4 Å². The van der Waals surface area contributed by atoms with E-state index in [1.807, 2.05) is 11.5 Å². The fourth-order valence-electron chi connectivity index (χ4n) is 2.50. The van der Waals surface area contributed by atoms with Crippen LogP contribution in [0.3, 0.4) is 0 Å². The number of benzene rings is 2. The molecule has 1 amide bonds. The predicted octanol–water partition coefficient (Wildman–Crippen LogP) is 2.64. The maximum absolute atomic E-state index is 13.0. The smallest absolute Gasteiger partial charge is 0.279 e. The summed E-state index contributed by atoms with van der Waals surface area (Å²) in [5.74, 6) is -0.923. The largest absolute Gasteiger partial charge is 0.316 e. The topological polar surface area (TPSA) is 94.5 Å². The van der Waals surface area contributed by atoms with Gasteiger partial charge in [-0.05, 0) is 48.9 Å². The molecule has 0 saturated carbocycles. The lowest BCUT2D eigenvalue weighted by atomic mass is 10.2. The van der Waals surface area contributed by atoms with Gasteiger partial charge in [-0.1, -0.05) is 18.3 Å². The zero-order valence-electron chi connectivity index (χ0n) is 13.8. The number of aromatic nitrogens is 1. The second-order valence-electron chi connectivity index (χ2n) is 5.63. The van der Waals surface area contributed by atoms with Gasteiger partial charge in [0, 0.05) is 12.1 Å². The Morgan fingerprint density at radius 3 is 2.54 bits per heavy atom. The summed E-state index contributed by atoms with van der Waals surface area (Å²) in [5.41, 5.74) is 1.05. The Kier molecular flexibility index (Phi) is 5.03. The van der Waals surface area contributed by atoms with Crippen LogP contribution in [0.2, 0.25) is 0 Å². The number of thiazole rings is 1. The third kappa shape index (κ3) is 3.74. The van der Waals surface area contributed by atoms with Crippen LogP contribution in [0.5, 0.6) is 0 Å². The lowest BCUT2D eigenvalue weighted by Crippen LogP contribution is -2.17. The lowest BCUT2D eigenvalue weighted by Gasteiger charge is -2.03. The minimum atomic E-state index is -3.82. The molecule has 0 spiro atoms. The van der Waals surface area contributed by atoms with E-state index in [4.69, 9.17) is 5.14 Å². The molecule has 0 unspecified atom stereocenters. The third-order valence-corrected chi connectivity index (χ3v) is 5.67. The van der Waals surface area contributed by atoms with Crippen LogP contribution >= 0.6 is 11.3 Å². The maximum Gasteiger partial charge on any atom is 0.279 e. The minimum absolute atomic E-state index is 0.00584. The number of amides is 1. The molecule has 0 fully saturated rings. The van der Waals surface area contributed by atoms with Crippen molar-refractivity contribution in [3.05, 3.63) is 58.6 Å². The number of fused-ring (bicyclic) bond motifs is 1. The van der Waals surface area contributed by atoms with E-state index in [-0.39, 0.29) is 10.5 Å². The van der Waals surface area contributed by atoms with E-state index in [2.05, 4.69) is 4.99 Å². The molecule has 2 N–H and O–H groups in total. The standard InChI is InChI=1S/C17H16FN3O3S2/c1-2-9-21-14-8-7-13(26(19,23)24)10-15(14)25-17(21)20-16(22)11-3-5-12(18)6-4-11/h3-8,10H,2,9H2,1H3,(H2,19,23,24). The molecule has 1 heterocycles. The molecule has 26 heavy (non-hydrogen) atoms. The van der Waals surface area contributed by atoms with Gasteiger partial charge in [0.2, 0.25) is 10.0 Å². The van der Waals surface area contributed by atoms with E-state index in [9.17, 15) is 17.6 Å². The van der Waals surface area contributed by atoms with Crippen molar-refractivity contribution in [2.75, 3.05) is 0 Å². The van der Waals surface area contributed by atoms with Crippen molar-refractivity contribution in [1.29, 1.82) is 0 Å². The van der Waals surface area contributed by atoms with Gasteiger partial charge in [-0.2, -0.15) is 4.99 Å². The number of hydrogen-bond donors (Lipinski definition) is 1.